The predicted octanol–water partition coefficient (Wildman–Crippen LogP) is 1.50. The molecule has 1 unspecified atom stereocenters. The Bertz CT molecular complexity index is 429. The van der Waals surface area contributed by atoms with E-state index in [0.29, 0.717) is 5.82 Å². The van der Waals surface area contributed by atoms with Crippen molar-refractivity contribution in [2.24, 2.45) is 0 Å². The quantitative estimate of drug-likeness (QED) is 0.691. The number of nitrogen functional groups attached to an aromatic ring is 1. The highest BCUT2D eigenvalue weighted by atomic mass is 15.2. The Morgan fingerprint density at radius 2 is 2.33 bits per heavy atom. The molecule has 4 heterocycles. The number of pyridine rings is 1. The molecule has 15 heavy (non-hydrogen) atoms. The molecule has 3 aliphatic heterocycles. The van der Waals surface area contributed by atoms with E-state index in [1.807, 2.05) is 6.20 Å². The highest BCUT2D eigenvalue weighted by Crippen LogP contribution is 2.51. The molecule has 3 nitrogen and oxygen atoms in total. The lowest BCUT2D eigenvalue weighted by molar-refractivity contribution is 0.227. The molecule has 2 fully saturated rings. The van der Waals surface area contributed by atoms with Crippen molar-refractivity contribution >= 4 is 5.82 Å². The fourth-order valence-electron chi connectivity index (χ4n) is 3.88. The maximum Gasteiger partial charge on any atom is 0.123 e. The molecule has 4 bridgehead atoms. The first kappa shape index (κ1) is 8.11. The van der Waals surface area contributed by atoms with E-state index in [1.54, 1.807) is 0 Å². The molecular formula is C12H15N3. The minimum atomic E-state index is 0.670. The fraction of sp³-hybridized carbons (Fsp3) is 0.583. The number of nitrogens with two attached hydrogens (primary N) is 1. The standard InChI is InChI=1S/C12H15N3/c13-12-3-7-6-15-8-1-2-11(15)9(4-8)10(7)5-14-12/h3,5,8-9,11H,1-2,4,6H2,(H2,13,14)/t8-,9+,11+/m0/s1. The van der Waals surface area contributed by atoms with E-state index in [4.69, 9.17) is 5.73 Å². The Morgan fingerprint density at radius 3 is 3.27 bits per heavy atom. The summed E-state index contributed by atoms with van der Waals surface area (Å²) in [5, 5.41) is 0. The van der Waals surface area contributed by atoms with Gasteiger partial charge in [0, 0.05) is 30.7 Å². The second-order valence-corrected chi connectivity index (χ2v) is 5.12. The van der Waals surface area contributed by atoms with Crippen LogP contribution in [-0.4, -0.2) is 22.0 Å². The second kappa shape index (κ2) is 2.53. The van der Waals surface area contributed by atoms with E-state index < -0.39 is 0 Å². The molecule has 0 radical (unpaired) electrons. The van der Waals surface area contributed by atoms with Crippen LogP contribution in [0.3, 0.4) is 0 Å². The third-order valence-electron chi connectivity index (χ3n) is 4.48. The van der Waals surface area contributed by atoms with Gasteiger partial charge in [0.2, 0.25) is 0 Å². The van der Waals surface area contributed by atoms with Crippen LogP contribution in [0.25, 0.3) is 0 Å². The Balaban J connectivity index is 1.87. The molecule has 4 atom stereocenters. The lowest BCUT2D eigenvalue weighted by Crippen LogP contribution is -2.33. The van der Waals surface area contributed by atoms with Crippen molar-refractivity contribution in [1.29, 1.82) is 0 Å². The average Bonchev–Trinajstić information content (AvgIpc) is 2.73. The minimum Gasteiger partial charge on any atom is -0.384 e. The third kappa shape index (κ3) is 0.918. The molecule has 3 aliphatic rings. The summed E-state index contributed by atoms with van der Waals surface area (Å²) >= 11 is 0. The van der Waals surface area contributed by atoms with Gasteiger partial charge in [-0.05, 0) is 36.5 Å². The zero-order valence-corrected chi connectivity index (χ0v) is 8.69. The molecular weight excluding hydrogens is 186 g/mol. The first-order valence-electron chi connectivity index (χ1n) is 5.83. The van der Waals surface area contributed by atoms with Gasteiger partial charge in [0.05, 0.1) is 0 Å². The Labute approximate surface area is 89.3 Å². The summed E-state index contributed by atoms with van der Waals surface area (Å²) in [6.07, 6.45) is 6.16. The molecule has 0 amide bonds. The van der Waals surface area contributed by atoms with E-state index in [0.717, 1.165) is 24.5 Å². The van der Waals surface area contributed by atoms with Gasteiger partial charge in [-0.3, -0.25) is 4.90 Å². The second-order valence-electron chi connectivity index (χ2n) is 5.12. The van der Waals surface area contributed by atoms with Crippen LogP contribution in [0.4, 0.5) is 5.82 Å². The summed E-state index contributed by atoms with van der Waals surface area (Å²) in [6.45, 7) is 1.11. The third-order valence-corrected chi connectivity index (χ3v) is 4.48. The number of aromatic nitrogens is 1. The number of hydrogen-bond donors (Lipinski definition) is 1. The van der Waals surface area contributed by atoms with E-state index in [1.165, 1.54) is 30.4 Å². The van der Waals surface area contributed by atoms with Crippen molar-refractivity contribution in [1.82, 2.24) is 9.88 Å². The smallest absolute Gasteiger partial charge is 0.123 e. The van der Waals surface area contributed by atoms with Crippen LogP contribution >= 0.6 is 0 Å². The summed E-state index contributed by atoms with van der Waals surface area (Å²) in [6, 6.07) is 3.72. The molecule has 78 valence electrons. The Kier molecular flexibility index (Phi) is 1.37. The Morgan fingerprint density at radius 1 is 1.40 bits per heavy atom. The van der Waals surface area contributed by atoms with Crippen molar-refractivity contribution < 1.29 is 0 Å². The number of nitrogens with zero attached hydrogens (tertiary/aromatic N) is 2. The molecule has 1 aromatic heterocycles. The number of hydrogen-bond acceptors (Lipinski definition) is 3. The van der Waals surface area contributed by atoms with Crippen LogP contribution in [0.15, 0.2) is 12.3 Å². The lowest BCUT2D eigenvalue weighted by Gasteiger charge is -2.31. The van der Waals surface area contributed by atoms with Crippen LogP contribution in [0.2, 0.25) is 0 Å². The van der Waals surface area contributed by atoms with E-state index in [9.17, 15) is 0 Å². The molecule has 0 aromatic carbocycles. The van der Waals surface area contributed by atoms with Crippen LogP contribution in [-0.2, 0) is 6.54 Å². The van der Waals surface area contributed by atoms with Crippen molar-refractivity contribution in [2.45, 2.75) is 43.8 Å². The summed E-state index contributed by atoms with van der Waals surface area (Å²) in [5.74, 6) is 1.42. The SMILES string of the molecule is Nc1cc2c(cn1)[C@H]1C[C@@H]3CC[C@H]1N3C2. The molecule has 2 saturated heterocycles. The molecule has 2 N–H and O–H groups in total. The molecule has 1 aromatic rings. The summed E-state index contributed by atoms with van der Waals surface area (Å²) in [5.41, 5.74) is 8.65. The van der Waals surface area contributed by atoms with Crippen molar-refractivity contribution in [3.8, 4) is 0 Å². The maximum absolute atomic E-state index is 5.75. The monoisotopic (exact) mass is 201 g/mol. The molecule has 0 saturated carbocycles. The topological polar surface area (TPSA) is 42.1 Å². The molecule has 0 spiro atoms. The summed E-state index contributed by atoms with van der Waals surface area (Å²) < 4.78 is 0. The van der Waals surface area contributed by atoms with Gasteiger partial charge >= 0.3 is 0 Å². The van der Waals surface area contributed by atoms with Crippen LogP contribution in [0.5, 0.6) is 0 Å². The highest BCUT2D eigenvalue weighted by molar-refractivity contribution is 5.42. The summed E-state index contributed by atoms with van der Waals surface area (Å²) in [7, 11) is 0. The van der Waals surface area contributed by atoms with Gasteiger partial charge in [0.1, 0.15) is 5.82 Å². The van der Waals surface area contributed by atoms with Gasteiger partial charge in [0.15, 0.2) is 0 Å². The van der Waals surface area contributed by atoms with Crippen molar-refractivity contribution in [2.75, 3.05) is 5.73 Å². The average molecular weight is 201 g/mol. The predicted molar refractivity (Wildman–Crippen MR) is 58.4 cm³/mol. The zero-order chi connectivity index (χ0) is 9.99. The summed E-state index contributed by atoms with van der Waals surface area (Å²) in [4.78, 5) is 6.94. The van der Waals surface area contributed by atoms with Gasteiger partial charge in [-0.25, -0.2) is 4.98 Å². The van der Waals surface area contributed by atoms with E-state index in [2.05, 4.69) is 16.0 Å². The minimum absolute atomic E-state index is 0.670. The van der Waals surface area contributed by atoms with Crippen LogP contribution < -0.4 is 5.73 Å². The maximum atomic E-state index is 5.75. The molecule has 3 heteroatoms. The van der Waals surface area contributed by atoms with Gasteiger partial charge in [-0.2, -0.15) is 0 Å². The van der Waals surface area contributed by atoms with Crippen molar-refractivity contribution in [3.05, 3.63) is 23.4 Å². The first-order valence-corrected chi connectivity index (χ1v) is 5.83. The number of anilines is 1. The van der Waals surface area contributed by atoms with Gasteiger partial charge in [0.25, 0.3) is 0 Å². The van der Waals surface area contributed by atoms with E-state index in [-0.39, 0.29) is 0 Å². The molecule has 0 aliphatic carbocycles. The van der Waals surface area contributed by atoms with Gasteiger partial charge in [-0.15, -0.1) is 0 Å². The van der Waals surface area contributed by atoms with Gasteiger partial charge in [-0.1, -0.05) is 0 Å². The molecule has 4 rings (SSSR count). The lowest BCUT2D eigenvalue weighted by atomic mass is 9.82. The first-order chi connectivity index (χ1) is 7.33. The fourth-order valence-corrected chi connectivity index (χ4v) is 3.88. The van der Waals surface area contributed by atoms with Gasteiger partial charge < -0.3 is 5.73 Å². The highest BCUT2D eigenvalue weighted by Gasteiger charge is 2.49. The Hall–Kier alpha value is -1.09. The number of fused-ring (bicyclic) bond motifs is 2. The zero-order valence-electron chi connectivity index (χ0n) is 8.69. The van der Waals surface area contributed by atoms with Crippen molar-refractivity contribution in [3.63, 3.8) is 0 Å². The largest absolute Gasteiger partial charge is 0.384 e. The number of rotatable bonds is 0. The van der Waals surface area contributed by atoms with Crippen LogP contribution in [0.1, 0.15) is 36.3 Å². The van der Waals surface area contributed by atoms with Crippen LogP contribution in [0, 0.1) is 0 Å². The normalized spacial score (nSPS) is 40.5. The van der Waals surface area contributed by atoms with E-state index >= 15 is 0 Å².